The Hall–Kier alpha value is -3.66. The van der Waals surface area contributed by atoms with E-state index in [1.807, 2.05) is 30.6 Å². The molecule has 1 amide bonds. The minimum Gasteiger partial charge on any atom is -0.479 e. The second-order valence-corrected chi connectivity index (χ2v) is 9.25. The Morgan fingerprint density at radius 3 is 2.76 bits per heavy atom. The molecule has 34 heavy (non-hydrogen) atoms. The molecule has 0 unspecified atom stereocenters. The fraction of sp³-hybridized carbons (Fsp3) is 0.417. The molecule has 2 fully saturated rings. The first kappa shape index (κ1) is 20.9. The molecule has 1 aliphatic carbocycles. The van der Waals surface area contributed by atoms with Crippen LogP contribution in [0, 0.1) is 5.41 Å². The minimum atomic E-state index is -0.193. The van der Waals surface area contributed by atoms with Crippen LogP contribution >= 0.6 is 0 Å². The summed E-state index contributed by atoms with van der Waals surface area (Å²) < 4.78 is 14.7. The summed E-state index contributed by atoms with van der Waals surface area (Å²) >= 11 is 0. The second kappa shape index (κ2) is 7.98. The van der Waals surface area contributed by atoms with Crippen molar-refractivity contribution in [3.8, 4) is 17.0 Å². The average Bonchev–Trinajstić information content (AvgIpc) is 3.46. The summed E-state index contributed by atoms with van der Waals surface area (Å²) in [6.07, 6.45) is 9.89. The molecule has 1 saturated carbocycles. The topological polar surface area (TPSA) is 107 Å². The lowest BCUT2D eigenvalue weighted by molar-refractivity contribution is -0.131. The van der Waals surface area contributed by atoms with Crippen molar-refractivity contribution in [1.29, 1.82) is 0 Å². The first-order valence-electron chi connectivity index (χ1n) is 11.6. The van der Waals surface area contributed by atoms with Gasteiger partial charge >= 0.3 is 0 Å². The number of fused-ring (bicyclic) bond motifs is 2. The second-order valence-electron chi connectivity index (χ2n) is 9.25. The maximum absolute atomic E-state index is 12.2. The van der Waals surface area contributed by atoms with E-state index in [9.17, 15) is 4.79 Å². The molecule has 2 N–H and O–H groups in total. The van der Waals surface area contributed by atoms with Crippen molar-refractivity contribution in [3.63, 3.8) is 0 Å². The van der Waals surface area contributed by atoms with Gasteiger partial charge in [-0.05, 0) is 43.9 Å². The number of amides is 1. The number of anilines is 1. The number of methoxy groups -OCH3 is 1. The minimum absolute atomic E-state index is 0.193. The summed E-state index contributed by atoms with van der Waals surface area (Å²) in [4.78, 5) is 21.2. The summed E-state index contributed by atoms with van der Waals surface area (Å²) in [5.41, 5.74) is 4.16. The zero-order valence-electron chi connectivity index (χ0n) is 19.2. The zero-order chi connectivity index (χ0) is 23.3. The number of ether oxygens (including phenoxy) is 2. The first-order chi connectivity index (χ1) is 16.6. The Bertz CT molecular complexity index is 1380. The van der Waals surface area contributed by atoms with Crippen LogP contribution < -0.4 is 15.4 Å². The molecule has 5 heterocycles. The molecule has 10 nitrogen and oxygen atoms in total. The van der Waals surface area contributed by atoms with Crippen LogP contribution in [0.4, 0.5) is 5.95 Å². The molecular formula is C24H27N7O3. The predicted molar refractivity (Wildman–Crippen MR) is 126 cm³/mol. The highest BCUT2D eigenvalue weighted by Crippen LogP contribution is 2.42. The third-order valence-corrected chi connectivity index (χ3v) is 7.14. The third kappa shape index (κ3) is 3.37. The lowest BCUT2D eigenvalue weighted by Gasteiger charge is -2.46. The Morgan fingerprint density at radius 1 is 1.24 bits per heavy atom. The van der Waals surface area contributed by atoms with E-state index in [1.165, 1.54) is 12.8 Å². The van der Waals surface area contributed by atoms with E-state index in [0.717, 1.165) is 42.7 Å². The van der Waals surface area contributed by atoms with Crippen molar-refractivity contribution in [3.05, 3.63) is 42.5 Å². The third-order valence-electron chi connectivity index (χ3n) is 7.14. The van der Waals surface area contributed by atoms with Gasteiger partial charge in [0, 0.05) is 42.0 Å². The van der Waals surface area contributed by atoms with Gasteiger partial charge in [0.25, 0.3) is 5.91 Å². The Labute approximate surface area is 196 Å². The Balaban J connectivity index is 1.32. The first-order valence-corrected chi connectivity index (χ1v) is 11.6. The van der Waals surface area contributed by atoms with E-state index < -0.39 is 0 Å². The lowest BCUT2D eigenvalue weighted by atomic mass is 9.71. The van der Waals surface area contributed by atoms with Crippen LogP contribution in [-0.2, 0) is 4.74 Å². The smallest absolute Gasteiger partial charge is 0.269 e. The monoisotopic (exact) mass is 461 g/mol. The quantitative estimate of drug-likeness (QED) is 0.471. The van der Waals surface area contributed by atoms with E-state index in [1.54, 1.807) is 29.3 Å². The molecule has 176 valence electrons. The van der Waals surface area contributed by atoms with Crippen molar-refractivity contribution in [2.75, 3.05) is 32.7 Å². The molecule has 10 heteroatoms. The van der Waals surface area contributed by atoms with Gasteiger partial charge in [0.2, 0.25) is 11.8 Å². The van der Waals surface area contributed by atoms with Gasteiger partial charge in [0.05, 0.1) is 26.5 Å². The van der Waals surface area contributed by atoms with Crippen molar-refractivity contribution >= 4 is 23.0 Å². The van der Waals surface area contributed by atoms with Crippen LogP contribution in [-0.4, -0.2) is 63.3 Å². The number of carbonyl (C=O) groups excluding carboxylic acids is 1. The average molecular weight is 462 g/mol. The van der Waals surface area contributed by atoms with Gasteiger partial charge in [-0.1, -0.05) is 0 Å². The summed E-state index contributed by atoms with van der Waals surface area (Å²) in [7, 11) is 3.22. The molecule has 0 radical (unpaired) electrons. The maximum Gasteiger partial charge on any atom is 0.269 e. The maximum atomic E-state index is 12.2. The van der Waals surface area contributed by atoms with E-state index in [4.69, 9.17) is 14.6 Å². The van der Waals surface area contributed by atoms with Gasteiger partial charge in [-0.3, -0.25) is 9.20 Å². The van der Waals surface area contributed by atoms with Crippen molar-refractivity contribution < 1.29 is 14.3 Å². The van der Waals surface area contributed by atoms with Crippen LogP contribution in [0.5, 0.6) is 5.88 Å². The number of nitrogens with zero attached hydrogens (tertiary/aromatic N) is 5. The van der Waals surface area contributed by atoms with Crippen LogP contribution in [0.25, 0.3) is 22.3 Å². The summed E-state index contributed by atoms with van der Waals surface area (Å²) in [6.45, 7) is 1.80. The van der Waals surface area contributed by atoms with Crippen LogP contribution in [0.1, 0.15) is 36.2 Å². The van der Waals surface area contributed by atoms with Gasteiger partial charge in [-0.15, -0.1) is 5.10 Å². The summed E-state index contributed by atoms with van der Waals surface area (Å²) in [5.74, 6) is 0.861. The van der Waals surface area contributed by atoms with Crippen LogP contribution in [0.3, 0.4) is 0 Å². The SMILES string of the molecule is CNC(=O)c1cnc2ccc(-c3ccn4nc(NC5CCC6(CC5)COC6)nc(OC)c34)cn12. The van der Waals surface area contributed by atoms with Crippen molar-refractivity contribution in [2.45, 2.75) is 31.7 Å². The van der Waals surface area contributed by atoms with Crippen molar-refractivity contribution in [1.82, 2.24) is 29.3 Å². The molecule has 0 atom stereocenters. The van der Waals surface area contributed by atoms with E-state index >= 15 is 0 Å². The standard InChI is InChI=1S/C24H27N7O3/c1-25-21(32)18-11-26-19-4-3-15(12-30(18)19)17-7-10-31-20(17)22(33-2)28-23(29-31)27-16-5-8-24(9-6-16)13-34-14-24/h3-4,7,10-12,16H,5-6,8-9,13-14H2,1-2H3,(H,25,32)(H,27,29). The highest BCUT2D eigenvalue weighted by atomic mass is 16.5. The highest BCUT2D eigenvalue weighted by molar-refractivity contribution is 5.93. The van der Waals surface area contributed by atoms with Gasteiger partial charge in [-0.25, -0.2) is 9.50 Å². The van der Waals surface area contributed by atoms with Gasteiger partial charge in [0.1, 0.15) is 16.9 Å². The summed E-state index contributed by atoms with van der Waals surface area (Å²) in [5, 5.41) is 10.9. The molecule has 0 aromatic carbocycles. The fourth-order valence-corrected chi connectivity index (χ4v) is 5.10. The molecular weight excluding hydrogens is 434 g/mol. The van der Waals surface area contributed by atoms with Gasteiger partial charge in [0.15, 0.2) is 0 Å². The predicted octanol–water partition coefficient (Wildman–Crippen LogP) is 2.78. The van der Waals surface area contributed by atoms with E-state index in [-0.39, 0.29) is 5.91 Å². The summed E-state index contributed by atoms with van der Waals surface area (Å²) in [6, 6.07) is 6.18. The molecule has 4 aromatic heterocycles. The molecule has 1 spiro atoms. The molecule has 1 saturated heterocycles. The largest absolute Gasteiger partial charge is 0.479 e. The number of rotatable bonds is 5. The number of imidazole rings is 1. The molecule has 6 rings (SSSR count). The number of carbonyl (C=O) groups is 1. The number of aromatic nitrogens is 5. The number of hydrogen-bond acceptors (Lipinski definition) is 7. The lowest BCUT2D eigenvalue weighted by Crippen LogP contribution is -2.47. The molecule has 4 aromatic rings. The number of hydrogen-bond donors (Lipinski definition) is 2. The van der Waals surface area contributed by atoms with Gasteiger partial charge < -0.3 is 20.1 Å². The van der Waals surface area contributed by atoms with Crippen LogP contribution in [0.2, 0.25) is 0 Å². The van der Waals surface area contributed by atoms with E-state index in [0.29, 0.717) is 34.6 Å². The molecule has 2 aliphatic rings. The Morgan fingerprint density at radius 2 is 2.06 bits per heavy atom. The molecule has 1 aliphatic heterocycles. The molecule has 0 bridgehead atoms. The number of pyridine rings is 1. The highest BCUT2D eigenvalue weighted by Gasteiger charge is 2.41. The van der Waals surface area contributed by atoms with Gasteiger partial charge in [-0.2, -0.15) is 4.98 Å². The van der Waals surface area contributed by atoms with E-state index in [2.05, 4.69) is 20.6 Å². The fourth-order valence-electron chi connectivity index (χ4n) is 5.10. The number of nitrogens with one attached hydrogen (secondary N) is 2. The van der Waals surface area contributed by atoms with Crippen LogP contribution in [0.15, 0.2) is 36.8 Å². The normalized spacial score (nSPS) is 17.7. The van der Waals surface area contributed by atoms with Crippen molar-refractivity contribution in [2.24, 2.45) is 5.41 Å². The zero-order valence-corrected chi connectivity index (χ0v) is 19.2. The Kier molecular flexibility index (Phi) is 4.91.